The maximum Gasteiger partial charge on any atom is 0.0637 e. The van der Waals surface area contributed by atoms with E-state index in [0.717, 1.165) is 25.8 Å². The van der Waals surface area contributed by atoms with Crippen molar-refractivity contribution in [3.63, 3.8) is 0 Å². The van der Waals surface area contributed by atoms with Crippen molar-refractivity contribution in [2.45, 2.75) is 76.9 Å². The van der Waals surface area contributed by atoms with Gasteiger partial charge in [-0.3, -0.25) is 4.90 Å². The van der Waals surface area contributed by atoms with Crippen LogP contribution in [0.4, 0.5) is 0 Å². The summed E-state index contributed by atoms with van der Waals surface area (Å²) in [6.07, 6.45) is 9.26. The molecule has 0 saturated carbocycles. The van der Waals surface area contributed by atoms with E-state index in [4.69, 9.17) is 4.74 Å². The molecule has 0 radical (unpaired) electrons. The van der Waals surface area contributed by atoms with Crippen molar-refractivity contribution in [1.82, 2.24) is 10.2 Å². The molecule has 2 heterocycles. The Morgan fingerprint density at radius 2 is 2.05 bits per heavy atom. The summed E-state index contributed by atoms with van der Waals surface area (Å²) in [6.45, 7) is 8.86. The first kappa shape index (κ1) is 15.3. The van der Waals surface area contributed by atoms with E-state index in [1.807, 2.05) is 0 Å². The largest absolute Gasteiger partial charge is 0.380 e. The van der Waals surface area contributed by atoms with Crippen LogP contribution in [0.25, 0.3) is 0 Å². The van der Waals surface area contributed by atoms with Crippen LogP contribution in [-0.2, 0) is 4.74 Å². The first-order valence-electron chi connectivity index (χ1n) is 8.43. The number of likely N-dealkylation sites (tertiary alicyclic amines) is 1. The monoisotopic (exact) mass is 268 g/mol. The SMILES string of the molecule is CCCNC1CCOCC1N1CCCCC1CCC. The average molecular weight is 268 g/mol. The molecule has 2 rings (SSSR count). The van der Waals surface area contributed by atoms with Crippen molar-refractivity contribution in [2.75, 3.05) is 26.3 Å². The summed E-state index contributed by atoms with van der Waals surface area (Å²) in [5.41, 5.74) is 0. The molecule has 0 aromatic carbocycles. The molecule has 3 heteroatoms. The molecule has 0 bridgehead atoms. The summed E-state index contributed by atoms with van der Waals surface area (Å²) >= 11 is 0. The Labute approximate surface area is 119 Å². The van der Waals surface area contributed by atoms with Crippen molar-refractivity contribution in [3.05, 3.63) is 0 Å². The Morgan fingerprint density at radius 3 is 2.84 bits per heavy atom. The lowest BCUT2D eigenvalue weighted by molar-refractivity contribution is -0.0315. The number of nitrogens with zero attached hydrogens (tertiary/aromatic N) is 1. The van der Waals surface area contributed by atoms with Crippen LogP contribution in [0.15, 0.2) is 0 Å². The quantitative estimate of drug-likeness (QED) is 0.801. The molecular formula is C16H32N2O. The highest BCUT2D eigenvalue weighted by Gasteiger charge is 2.35. The van der Waals surface area contributed by atoms with Gasteiger partial charge in [0.1, 0.15) is 0 Å². The van der Waals surface area contributed by atoms with E-state index in [0.29, 0.717) is 12.1 Å². The molecule has 2 aliphatic heterocycles. The number of hydrogen-bond acceptors (Lipinski definition) is 3. The number of hydrogen-bond donors (Lipinski definition) is 1. The third kappa shape index (κ3) is 4.17. The van der Waals surface area contributed by atoms with Gasteiger partial charge in [0.25, 0.3) is 0 Å². The van der Waals surface area contributed by atoms with Gasteiger partial charge in [-0.2, -0.15) is 0 Å². The molecule has 2 saturated heterocycles. The smallest absolute Gasteiger partial charge is 0.0637 e. The highest BCUT2D eigenvalue weighted by Crippen LogP contribution is 2.26. The van der Waals surface area contributed by atoms with Crippen LogP contribution in [-0.4, -0.2) is 49.3 Å². The van der Waals surface area contributed by atoms with E-state index < -0.39 is 0 Å². The molecule has 3 atom stereocenters. The van der Waals surface area contributed by atoms with Crippen LogP contribution in [0.1, 0.15) is 58.8 Å². The fraction of sp³-hybridized carbons (Fsp3) is 1.00. The standard InChI is InChI=1S/C16H32N2O/c1-3-7-14-8-5-6-11-18(14)16-13-19-12-9-15(16)17-10-4-2/h14-17H,3-13H2,1-2H3. The van der Waals surface area contributed by atoms with E-state index in [1.54, 1.807) is 0 Å². The molecule has 0 aliphatic carbocycles. The van der Waals surface area contributed by atoms with E-state index in [-0.39, 0.29) is 0 Å². The summed E-state index contributed by atoms with van der Waals surface area (Å²) in [5.74, 6) is 0. The lowest BCUT2D eigenvalue weighted by Gasteiger charge is -2.46. The summed E-state index contributed by atoms with van der Waals surface area (Å²) in [5, 5.41) is 3.76. The van der Waals surface area contributed by atoms with Crippen molar-refractivity contribution in [2.24, 2.45) is 0 Å². The normalized spacial score (nSPS) is 33.5. The second-order valence-electron chi connectivity index (χ2n) is 6.17. The van der Waals surface area contributed by atoms with Gasteiger partial charge in [-0.1, -0.05) is 26.7 Å². The second-order valence-corrected chi connectivity index (χ2v) is 6.17. The minimum atomic E-state index is 0.608. The van der Waals surface area contributed by atoms with Gasteiger partial charge >= 0.3 is 0 Å². The fourth-order valence-corrected chi connectivity index (χ4v) is 3.72. The first-order chi connectivity index (χ1) is 9.36. The molecule has 3 unspecified atom stereocenters. The van der Waals surface area contributed by atoms with Crippen LogP contribution < -0.4 is 5.32 Å². The fourth-order valence-electron chi connectivity index (χ4n) is 3.72. The van der Waals surface area contributed by atoms with Gasteiger partial charge in [-0.15, -0.1) is 0 Å². The van der Waals surface area contributed by atoms with Crippen LogP contribution >= 0.6 is 0 Å². The van der Waals surface area contributed by atoms with E-state index in [1.165, 1.54) is 51.5 Å². The summed E-state index contributed by atoms with van der Waals surface area (Å²) in [6, 6.07) is 2.06. The molecule has 3 nitrogen and oxygen atoms in total. The van der Waals surface area contributed by atoms with Crippen molar-refractivity contribution >= 4 is 0 Å². The maximum atomic E-state index is 5.79. The molecule has 1 N–H and O–H groups in total. The number of nitrogens with one attached hydrogen (secondary N) is 1. The van der Waals surface area contributed by atoms with Gasteiger partial charge in [-0.05, 0) is 45.2 Å². The topological polar surface area (TPSA) is 24.5 Å². The summed E-state index contributed by atoms with van der Waals surface area (Å²) < 4.78 is 5.79. The van der Waals surface area contributed by atoms with Gasteiger partial charge < -0.3 is 10.1 Å². The second kappa shape index (κ2) is 8.23. The Kier molecular flexibility index (Phi) is 6.62. The van der Waals surface area contributed by atoms with E-state index in [2.05, 4.69) is 24.1 Å². The van der Waals surface area contributed by atoms with Gasteiger partial charge in [0, 0.05) is 24.7 Å². The molecule has 2 aliphatic rings. The third-order valence-corrected chi connectivity index (χ3v) is 4.70. The van der Waals surface area contributed by atoms with Gasteiger partial charge in [0.2, 0.25) is 0 Å². The lowest BCUT2D eigenvalue weighted by atomic mass is 9.92. The predicted molar refractivity (Wildman–Crippen MR) is 80.6 cm³/mol. The van der Waals surface area contributed by atoms with Crippen LogP contribution in [0.5, 0.6) is 0 Å². The first-order valence-corrected chi connectivity index (χ1v) is 8.43. The predicted octanol–water partition coefficient (Wildman–Crippen LogP) is 2.80. The van der Waals surface area contributed by atoms with Crippen LogP contribution in [0.2, 0.25) is 0 Å². The lowest BCUT2D eigenvalue weighted by Crippen LogP contribution is -2.59. The van der Waals surface area contributed by atoms with Crippen LogP contribution in [0.3, 0.4) is 0 Å². The zero-order chi connectivity index (χ0) is 13.5. The molecule has 19 heavy (non-hydrogen) atoms. The highest BCUT2D eigenvalue weighted by molar-refractivity contribution is 4.91. The summed E-state index contributed by atoms with van der Waals surface area (Å²) in [4.78, 5) is 2.78. The Bertz CT molecular complexity index is 245. The molecule has 2 fully saturated rings. The number of ether oxygens (including phenoxy) is 1. The van der Waals surface area contributed by atoms with Gasteiger partial charge in [-0.25, -0.2) is 0 Å². The zero-order valence-corrected chi connectivity index (χ0v) is 12.9. The molecule has 0 aromatic heterocycles. The summed E-state index contributed by atoms with van der Waals surface area (Å²) in [7, 11) is 0. The number of piperidine rings is 1. The Morgan fingerprint density at radius 1 is 1.16 bits per heavy atom. The Hall–Kier alpha value is -0.120. The van der Waals surface area contributed by atoms with Crippen molar-refractivity contribution in [3.8, 4) is 0 Å². The van der Waals surface area contributed by atoms with E-state index in [9.17, 15) is 0 Å². The Balaban J connectivity index is 1.97. The molecular weight excluding hydrogens is 236 g/mol. The maximum absolute atomic E-state index is 5.79. The van der Waals surface area contributed by atoms with E-state index >= 15 is 0 Å². The van der Waals surface area contributed by atoms with Gasteiger partial charge in [0.05, 0.1) is 6.61 Å². The number of rotatable bonds is 6. The minimum Gasteiger partial charge on any atom is -0.380 e. The minimum absolute atomic E-state index is 0.608. The molecule has 0 amide bonds. The van der Waals surface area contributed by atoms with Crippen molar-refractivity contribution < 1.29 is 4.74 Å². The van der Waals surface area contributed by atoms with Crippen molar-refractivity contribution in [1.29, 1.82) is 0 Å². The highest BCUT2D eigenvalue weighted by atomic mass is 16.5. The molecule has 0 aromatic rings. The average Bonchev–Trinajstić information content (AvgIpc) is 2.46. The van der Waals surface area contributed by atoms with Crippen LogP contribution in [0, 0.1) is 0 Å². The molecule has 112 valence electrons. The van der Waals surface area contributed by atoms with Gasteiger partial charge in [0.15, 0.2) is 0 Å². The molecule has 0 spiro atoms. The third-order valence-electron chi connectivity index (χ3n) is 4.70. The zero-order valence-electron chi connectivity index (χ0n) is 12.9.